The van der Waals surface area contributed by atoms with Crippen molar-refractivity contribution in [3.05, 3.63) is 65.7 Å². The van der Waals surface area contributed by atoms with Gasteiger partial charge in [0, 0.05) is 11.3 Å². The third kappa shape index (κ3) is 2.73. The minimum atomic E-state index is 0.533. The van der Waals surface area contributed by atoms with Gasteiger partial charge in [0.05, 0.1) is 19.0 Å². The number of methoxy groups -OCH3 is 1. The third-order valence-corrected chi connectivity index (χ3v) is 4.17. The van der Waals surface area contributed by atoms with Crippen LogP contribution in [0.4, 0.5) is 0 Å². The van der Waals surface area contributed by atoms with Crippen molar-refractivity contribution in [3.8, 4) is 11.7 Å². The summed E-state index contributed by atoms with van der Waals surface area (Å²) in [6.07, 6.45) is 3.32. The lowest BCUT2D eigenvalue weighted by Crippen LogP contribution is -2.06. The van der Waals surface area contributed by atoms with Crippen molar-refractivity contribution in [1.82, 2.24) is 24.7 Å². The van der Waals surface area contributed by atoms with E-state index >= 15 is 0 Å². The maximum atomic E-state index is 5.51. The molecule has 0 aliphatic carbocycles. The van der Waals surface area contributed by atoms with E-state index in [1.165, 1.54) is 0 Å². The minimum absolute atomic E-state index is 0.533. The van der Waals surface area contributed by atoms with Gasteiger partial charge in [0.1, 0.15) is 12.1 Å². The van der Waals surface area contributed by atoms with Gasteiger partial charge in [-0.25, -0.2) is 4.68 Å². The molecular weight excluding hydrogens is 328 g/mol. The minimum Gasteiger partial charge on any atom is -0.496 e. The van der Waals surface area contributed by atoms with Gasteiger partial charge < -0.3 is 4.74 Å². The van der Waals surface area contributed by atoms with Gasteiger partial charge in [-0.05, 0) is 36.8 Å². The molecule has 0 N–H and O–H groups in total. The molecule has 2 aromatic carbocycles. The van der Waals surface area contributed by atoms with Crippen LogP contribution in [0.15, 0.2) is 53.9 Å². The highest BCUT2D eigenvalue weighted by Gasteiger charge is 2.11. The second kappa shape index (κ2) is 6.44. The molecule has 7 heteroatoms. The lowest BCUT2D eigenvalue weighted by atomic mass is 10.0. The highest BCUT2D eigenvalue weighted by Crippen LogP contribution is 2.26. The van der Waals surface area contributed by atoms with Gasteiger partial charge in [-0.2, -0.15) is 14.9 Å². The SMILES string of the molecule is COc1ccc2ccccc2c1/C=N\n1cnnc1-n1nc(C)cc1C. The Hall–Kier alpha value is -3.48. The Labute approximate surface area is 150 Å². The van der Waals surface area contributed by atoms with E-state index in [2.05, 4.69) is 26.5 Å². The van der Waals surface area contributed by atoms with Crippen LogP contribution in [-0.2, 0) is 0 Å². The van der Waals surface area contributed by atoms with Crippen molar-refractivity contribution in [2.75, 3.05) is 7.11 Å². The molecule has 0 radical (unpaired) electrons. The molecule has 0 saturated carbocycles. The van der Waals surface area contributed by atoms with E-state index in [0.29, 0.717) is 5.95 Å². The van der Waals surface area contributed by atoms with Crippen LogP contribution < -0.4 is 4.74 Å². The van der Waals surface area contributed by atoms with Gasteiger partial charge in [-0.3, -0.25) is 0 Å². The molecule has 0 saturated heterocycles. The van der Waals surface area contributed by atoms with E-state index in [9.17, 15) is 0 Å². The number of rotatable bonds is 4. The molecule has 0 spiro atoms. The van der Waals surface area contributed by atoms with Crippen LogP contribution in [0.5, 0.6) is 5.75 Å². The molecular formula is C19H18N6O. The molecule has 0 fully saturated rings. The predicted molar refractivity (Wildman–Crippen MR) is 100 cm³/mol. The first kappa shape index (κ1) is 16.0. The Morgan fingerprint density at radius 3 is 2.73 bits per heavy atom. The number of hydrogen-bond acceptors (Lipinski definition) is 5. The van der Waals surface area contributed by atoms with Crippen molar-refractivity contribution in [1.29, 1.82) is 0 Å². The standard InChI is InChI=1S/C19H18N6O/c1-13-10-14(2)25(23-13)19-22-20-12-24(19)21-11-17-16-7-5-4-6-15(16)8-9-18(17)26-3/h4-12H,1-3H3/b21-11-. The Morgan fingerprint density at radius 2 is 1.96 bits per heavy atom. The molecule has 4 aromatic rings. The monoisotopic (exact) mass is 346 g/mol. The molecule has 0 aliphatic rings. The first-order valence-electron chi connectivity index (χ1n) is 8.21. The van der Waals surface area contributed by atoms with Gasteiger partial charge in [0.25, 0.3) is 5.95 Å². The zero-order chi connectivity index (χ0) is 18.1. The van der Waals surface area contributed by atoms with E-state index in [1.54, 1.807) is 29.0 Å². The molecule has 0 unspecified atom stereocenters. The summed E-state index contributed by atoms with van der Waals surface area (Å²) in [6.45, 7) is 3.91. The van der Waals surface area contributed by atoms with Crippen LogP contribution in [0.2, 0.25) is 0 Å². The predicted octanol–water partition coefficient (Wildman–Crippen LogP) is 3.12. The maximum Gasteiger partial charge on any atom is 0.273 e. The average Bonchev–Trinajstić information content (AvgIpc) is 3.24. The van der Waals surface area contributed by atoms with Gasteiger partial charge in [0.15, 0.2) is 0 Å². The summed E-state index contributed by atoms with van der Waals surface area (Å²) in [5, 5.41) is 19.3. The summed E-state index contributed by atoms with van der Waals surface area (Å²) in [5.74, 6) is 1.29. The molecule has 0 aliphatic heterocycles. The fourth-order valence-corrected chi connectivity index (χ4v) is 2.98. The van der Waals surface area contributed by atoms with Crippen molar-refractivity contribution in [2.45, 2.75) is 13.8 Å². The van der Waals surface area contributed by atoms with E-state index in [-0.39, 0.29) is 0 Å². The number of aryl methyl sites for hydroxylation is 2. The van der Waals surface area contributed by atoms with Crippen LogP contribution in [0.3, 0.4) is 0 Å². The van der Waals surface area contributed by atoms with Gasteiger partial charge in [0.2, 0.25) is 0 Å². The Bertz CT molecular complexity index is 1110. The zero-order valence-electron chi connectivity index (χ0n) is 14.8. The van der Waals surface area contributed by atoms with Crippen LogP contribution in [0, 0.1) is 13.8 Å². The molecule has 0 bridgehead atoms. The van der Waals surface area contributed by atoms with Crippen molar-refractivity contribution < 1.29 is 4.74 Å². The van der Waals surface area contributed by atoms with Crippen molar-refractivity contribution in [3.63, 3.8) is 0 Å². The van der Waals surface area contributed by atoms with Gasteiger partial charge in [-0.1, -0.05) is 30.3 Å². The molecule has 2 aromatic heterocycles. The molecule has 7 nitrogen and oxygen atoms in total. The third-order valence-electron chi connectivity index (χ3n) is 4.17. The van der Waals surface area contributed by atoms with Crippen LogP contribution in [-0.4, -0.2) is 38.0 Å². The lowest BCUT2D eigenvalue weighted by Gasteiger charge is -2.08. The largest absolute Gasteiger partial charge is 0.496 e. The molecule has 0 amide bonds. The topological polar surface area (TPSA) is 70.1 Å². The average molecular weight is 346 g/mol. The molecule has 130 valence electrons. The summed E-state index contributed by atoms with van der Waals surface area (Å²) in [4.78, 5) is 0. The number of hydrogen-bond donors (Lipinski definition) is 0. The van der Waals surface area contributed by atoms with E-state index in [1.807, 2.05) is 50.2 Å². The van der Waals surface area contributed by atoms with Gasteiger partial charge >= 0.3 is 0 Å². The highest BCUT2D eigenvalue weighted by atomic mass is 16.5. The summed E-state index contributed by atoms with van der Waals surface area (Å²) < 4.78 is 8.83. The number of ether oxygens (including phenoxy) is 1. The summed E-state index contributed by atoms with van der Waals surface area (Å²) in [7, 11) is 1.65. The van der Waals surface area contributed by atoms with E-state index in [4.69, 9.17) is 4.74 Å². The smallest absolute Gasteiger partial charge is 0.273 e. The van der Waals surface area contributed by atoms with Crippen LogP contribution >= 0.6 is 0 Å². The Morgan fingerprint density at radius 1 is 1.12 bits per heavy atom. The zero-order valence-corrected chi connectivity index (χ0v) is 14.8. The number of fused-ring (bicyclic) bond motifs is 1. The number of nitrogens with zero attached hydrogens (tertiary/aromatic N) is 6. The fourth-order valence-electron chi connectivity index (χ4n) is 2.98. The molecule has 0 atom stereocenters. The van der Waals surface area contributed by atoms with Crippen LogP contribution in [0.25, 0.3) is 16.7 Å². The normalized spacial score (nSPS) is 11.5. The highest BCUT2D eigenvalue weighted by molar-refractivity contribution is 6.02. The Balaban J connectivity index is 1.80. The Kier molecular flexibility index (Phi) is 3.96. The molecule has 2 heterocycles. The van der Waals surface area contributed by atoms with Crippen molar-refractivity contribution >= 4 is 17.0 Å². The van der Waals surface area contributed by atoms with Gasteiger partial charge in [-0.15, -0.1) is 10.2 Å². The van der Waals surface area contributed by atoms with E-state index < -0.39 is 0 Å². The second-order valence-corrected chi connectivity index (χ2v) is 5.96. The van der Waals surface area contributed by atoms with Crippen LogP contribution in [0.1, 0.15) is 17.0 Å². The summed E-state index contributed by atoms with van der Waals surface area (Å²) in [6, 6.07) is 14.1. The van der Waals surface area contributed by atoms with Crippen molar-refractivity contribution in [2.24, 2.45) is 5.10 Å². The second-order valence-electron chi connectivity index (χ2n) is 5.96. The fraction of sp³-hybridized carbons (Fsp3) is 0.158. The first-order valence-corrected chi connectivity index (χ1v) is 8.21. The summed E-state index contributed by atoms with van der Waals surface area (Å²) in [5.41, 5.74) is 2.78. The summed E-state index contributed by atoms with van der Waals surface area (Å²) >= 11 is 0. The number of benzene rings is 2. The molecule has 26 heavy (non-hydrogen) atoms. The maximum absolute atomic E-state index is 5.51. The number of aromatic nitrogens is 5. The lowest BCUT2D eigenvalue weighted by molar-refractivity contribution is 0.415. The quantitative estimate of drug-likeness (QED) is 0.532. The first-order chi connectivity index (χ1) is 12.7. The molecule has 4 rings (SSSR count). The van der Waals surface area contributed by atoms with E-state index in [0.717, 1.165) is 33.5 Å².